The van der Waals surface area contributed by atoms with Crippen LogP contribution in [-0.4, -0.2) is 9.38 Å². The maximum Gasteiger partial charge on any atom is 0.0995 e. The largest absolute Gasteiger partial charge is 0.306 e. The fraction of sp³-hybridized carbons (Fsp3) is 0.169. The third-order valence-corrected chi connectivity index (χ3v) is 17.4. The summed E-state index contributed by atoms with van der Waals surface area (Å²) in [7, 11) is 0. The van der Waals surface area contributed by atoms with Crippen LogP contribution in [0.25, 0.3) is 82.6 Å². The van der Waals surface area contributed by atoms with Crippen LogP contribution in [0.15, 0.2) is 176 Å². The van der Waals surface area contributed by atoms with Crippen molar-refractivity contribution < 1.29 is 0 Å². The monoisotopic (exact) mass is 867 g/mol. The lowest BCUT2D eigenvalue weighted by Crippen LogP contribution is -2.28. The third-order valence-electron chi connectivity index (χ3n) is 17.4. The lowest BCUT2D eigenvalue weighted by Gasteiger charge is -2.43. The van der Waals surface area contributed by atoms with E-state index in [9.17, 15) is 5.26 Å². The van der Waals surface area contributed by atoms with Gasteiger partial charge in [0.15, 0.2) is 0 Å². The van der Waals surface area contributed by atoms with Crippen LogP contribution in [0.1, 0.15) is 106 Å². The number of fused-ring (bicyclic) bond motifs is 6. The van der Waals surface area contributed by atoms with Crippen molar-refractivity contribution in [3.05, 3.63) is 226 Å². The van der Waals surface area contributed by atoms with Crippen molar-refractivity contribution in [3.8, 4) is 50.6 Å². The zero-order valence-electron chi connectivity index (χ0n) is 37.6. The molecule has 68 heavy (non-hydrogen) atoms. The lowest BCUT2D eigenvalue weighted by atomic mass is 9.59. The van der Waals surface area contributed by atoms with Gasteiger partial charge in [-0.25, -0.2) is 0 Å². The molecule has 7 aliphatic carbocycles. The van der Waals surface area contributed by atoms with Gasteiger partial charge in [0.25, 0.3) is 0 Å². The Hall–Kier alpha value is -7.80. The maximum atomic E-state index is 11.3. The number of benzene rings is 8. The first-order chi connectivity index (χ1) is 33.7. The highest BCUT2D eigenvalue weighted by Crippen LogP contribution is 2.62. The van der Waals surface area contributed by atoms with E-state index in [4.69, 9.17) is 4.98 Å². The number of rotatable bonds is 4. The normalized spacial score (nSPS) is 21.5. The van der Waals surface area contributed by atoms with E-state index in [1.165, 1.54) is 154 Å². The summed E-state index contributed by atoms with van der Waals surface area (Å²) in [5, 5.41) is 16.6. The Morgan fingerprint density at radius 3 is 1.51 bits per heavy atom. The average molecular weight is 868 g/mol. The van der Waals surface area contributed by atoms with Crippen molar-refractivity contribution in [2.24, 2.45) is 11.8 Å². The second-order valence-electron chi connectivity index (χ2n) is 20.8. The van der Waals surface area contributed by atoms with Crippen molar-refractivity contribution in [3.63, 3.8) is 0 Å². The molecule has 0 radical (unpaired) electrons. The summed E-state index contributed by atoms with van der Waals surface area (Å²) in [6, 6.07) is 66.1. The summed E-state index contributed by atoms with van der Waals surface area (Å²) in [6.45, 7) is 0. The van der Waals surface area contributed by atoms with Gasteiger partial charge >= 0.3 is 0 Å². The maximum absolute atomic E-state index is 11.3. The fourth-order valence-electron chi connectivity index (χ4n) is 15.1. The number of pyridine rings is 1. The van der Waals surface area contributed by atoms with Crippen molar-refractivity contribution >= 4 is 38.1 Å². The van der Waals surface area contributed by atoms with Gasteiger partial charge in [-0.15, -0.1) is 0 Å². The molecule has 6 bridgehead atoms. The van der Waals surface area contributed by atoms with Crippen LogP contribution in [0.4, 0.5) is 0 Å². The summed E-state index contributed by atoms with van der Waals surface area (Å²) < 4.78 is 2.55. The molecule has 320 valence electrons. The van der Waals surface area contributed by atoms with Gasteiger partial charge in [0.2, 0.25) is 0 Å². The van der Waals surface area contributed by atoms with E-state index >= 15 is 0 Å². The van der Waals surface area contributed by atoms with E-state index in [2.05, 4.69) is 187 Å². The quantitative estimate of drug-likeness (QED) is 0.177. The van der Waals surface area contributed by atoms with Gasteiger partial charge in [0.1, 0.15) is 0 Å². The number of hydrogen-bond acceptors (Lipinski definition) is 2. The Balaban J connectivity index is 1.10. The topological polar surface area (TPSA) is 41.1 Å². The molecule has 0 aliphatic heterocycles. The molecule has 3 nitrogen and oxygen atoms in total. The first kappa shape index (κ1) is 37.3. The van der Waals surface area contributed by atoms with Crippen LogP contribution in [0.3, 0.4) is 0 Å². The molecule has 0 amide bonds. The van der Waals surface area contributed by atoms with Crippen LogP contribution < -0.4 is 0 Å². The molecule has 3 aromatic heterocycles. The highest BCUT2D eigenvalue weighted by Gasteiger charge is 2.46. The molecule has 8 aromatic carbocycles. The van der Waals surface area contributed by atoms with Gasteiger partial charge in [-0.3, -0.25) is 4.98 Å². The second-order valence-corrected chi connectivity index (χ2v) is 20.8. The van der Waals surface area contributed by atoms with E-state index in [-0.39, 0.29) is 11.8 Å². The van der Waals surface area contributed by atoms with E-state index in [1.807, 2.05) is 0 Å². The predicted molar refractivity (Wildman–Crippen MR) is 276 cm³/mol. The van der Waals surface area contributed by atoms with Crippen LogP contribution >= 0.6 is 0 Å². The van der Waals surface area contributed by atoms with Crippen LogP contribution in [0.2, 0.25) is 0 Å². The minimum absolute atomic E-state index is 0.00399. The molecule has 3 heteroatoms. The minimum atomic E-state index is -0.0131. The lowest BCUT2D eigenvalue weighted by molar-refractivity contribution is 0.165. The van der Waals surface area contributed by atoms with Crippen molar-refractivity contribution in [2.75, 3.05) is 0 Å². The summed E-state index contributed by atoms with van der Waals surface area (Å²) in [6.07, 6.45) is 8.69. The van der Waals surface area contributed by atoms with Gasteiger partial charge in [-0.1, -0.05) is 140 Å². The van der Waals surface area contributed by atoms with Crippen molar-refractivity contribution in [1.29, 1.82) is 5.26 Å². The first-order valence-electron chi connectivity index (χ1n) is 24.8. The highest BCUT2D eigenvalue weighted by atomic mass is 14.9. The molecular weight excluding hydrogens is 823 g/mol. The van der Waals surface area contributed by atoms with E-state index in [0.717, 1.165) is 22.9 Å². The number of hydrogen-bond donors (Lipinski definition) is 0. The predicted octanol–water partition coefficient (Wildman–Crippen LogP) is 16.1. The minimum Gasteiger partial charge on any atom is -0.306 e. The molecular formula is C65H45N3. The smallest absolute Gasteiger partial charge is 0.0995 e. The Morgan fingerprint density at radius 1 is 0.456 bits per heavy atom. The van der Waals surface area contributed by atoms with Crippen LogP contribution in [0, 0.1) is 23.2 Å². The summed E-state index contributed by atoms with van der Waals surface area (Å²) in [5.41, 5.74) is 24.9. The Labute approximate surface area is 395 Å². The highest BCUT2D eigenvalue weighted by molar-refractivity contribution is 6.27. The zero-order valence-corrected chi connectivity index (χ0v) is 37.6. The molecule has 18 rings (SSSR count). The molecule has 2 unspecified atom stereocenters. The Morgan fingerprint density at radius 2 is 0.956 bits per heavy atom. The van der Waals surface area contributed by atoms with Gasteiger partial charge in [-0.2, -0.15) is 5.26 Å². The summed E-state index contributed by atoms with van der Waals surface area (Å²) >= 11 is 0. The van der Waals surface area contributed by atoms with E-state index in [0.29, 0.717) is 11.8 Å². The Kier molecular flexibility index (Phi) is 7.49. The van der Waals surface area contributed by atoms with Gasteiger partial charge in [0, 0.05) is 45.0 Å². The van der Waals surface area contributed by atoms with Gasteiger partial charge in [-0.05, 0) is 164 Å². The second kappa shape index (κ2) is 13.7. The number of aromatic nitrogens is 2. The molecule has 2 fully saturated rings. The molecule has 0 N–H and O–H groups in total. The molecule has 11 aromatic rings. The molecule has 3 heterocycles. The first-order valence-corrected chi connectivity index (χ1v) is 24.8. The molecule has 0 spiro atoms. The molecule has 0 saturated heterocycles. The average Bonchev–Trinajstić information content (AvgIpc) is 3.85. The van der Waals surface area contributed by atoms with Crippen molar-refractivity contribution in [2.45, 2.75) is 55.8 Å². The fourth-order valence-corrected chi connectivity index (χ4v) is 15.1. The molecule has 7 aliphatic rings. The molecule has 2 saturated carbocycles. The van der Waals surface area contributed by atoms with Crippen molar-refractivity contribution in [1.82, 2.24) is 9.38 Å². The van der Waals surface area contributed by atoms with E-state index < -0.39 is 0 Å². The third kappa shape index (κ3) is 4.90. The molecule has 2 atom stereocenters. The SMILES string of the molecule is N#Cc1cc2c(c3c1C1c4ccccc4C3c3ccccc31)c1cc(-c3c(-c4ccccc4)cc(-c4ccccc4)cc3-c3ccccc3)cc3c4c5c(ncc4n2c31)C1CC2CC(C1)CC5C2. The number of nitrogens with zero attached hydrogens (tertiary/aromatic N) is 3. The standard InChI is InChI=1S/C65H45N3/c66-34-45-33-54-61(63-57(45)59-46-20-10-12-22-48(46)60(63)49-23-13-11-21-47(49)59)52-31-43(32-53-62-55(68(54)65(52)53)35-67-64-44-27-36-24-37(28-44)26-42(25-36)58(62)64)56-50(39-16-6-2-7-17-39)29-41(38-14-4-1-5-15-38)30-51(56)40-18-8-3-9-19-40/h1-23,29-33,35-37,42,44,59-60H,24-28H2. The summed E-state index contributed by atoms with van der Waals surface area (Å²) in [4.78, 5) is 5.57. The van der Waals surface area contributed by atoms with Gasteiger partial charge in [0.05, 0.1) is 34.4 Å². The number of nitriles is 1. The van der Waals surface area contributed by atoms with E-state index in [1.54, 1.807) is 0 Å². The van der Waals surface area contributed by atoms with Crippen LogP contribution in [-0.2, 0) is 0 Å². The Bertz CT molecular complexity index is 3860. The van der Waals surface area contributed by atoms with Crippen LogP contribution in [0.5, 0.6) is 0 Å². The van der Waals surface area contributed by atoms with Gasteiger partial charge < -0.3 is 4.40 Å². The summed E-state index contributed by atoms with van der Waals surface area (Å²) in [5.74, 6) is 2.59. The zero-order chi connectivity index (χ0) is 44.4.